The van der Waals surface area contributed by atoms with Crippen molar-refractivity contribution < 1.29 is 0 Å². The molecule has 1 aromatic rings. The van der Waals surface area contributed by atoms with Gasteiger partial charge in [0, 0.05) is 31.4 Å². The number of rotatable bonds is 8. The largest absolute Gasteiger partial charge is 0.353 e. The second-order valence-corrected chi connectivity index (χ2v) is 5.16. The van der Waals surface area contributed by atoms with Gasteiger partial charge >= 0.3 is 0 Å². The third kappa shape index (κ3) is 4.06. The number of likely N-dealkylation sites (N-methyl/N-ethyl adjacent to an activating group) is 1. The smallest absolute Gasteiger partial charge is 0.129 e. The van der Waals surface area contributed by atoms with Gasteiger partial charge in [0.25, 0.3) is 0 Å². The lowest BCUT2D eigenvalue weighted by Gasteiger charge is -2.21. The fourth-order valence-corrected chi connectivity index (χ4v) is 2.17. The van der Waals surface area contributed by atoms with Crippen LogP contribution in [0.3, 0.4) is 0 Å². The van der Waals surface area contributed by atoms with Crippen LogP contribution >= 0.6 is 0 Å². The molecular weight excluding hydrogens is 234 g/mol. The molecule has 0 radical (unpaired) electrons. The quantitative estimate of drug-likeness (QED) is 0.728. The van der Waals surface area contributed by atoms with Crippen molar-refractivity contribution in [2.24, 2.45) is 0 Å². The van der Waals surface area contributed by atoms with E-state index in [1.165, 1.54) is 24.1 Å². The molecule has 0 spiro atoms. The van der Waals surface area contributed by atoms with Gasteiger partial charge in [0.15, 0.2) is 0 Å². The molecule has 0 amide bonds. The number of anilines is 1. The summed E-state index contributed by atoms with van der Waals surface area (Å²) >= 11 is 0. The monoisotopic (exact) mass is 259 g/mol. The molecule has 1 aromatic heterocycles. The summed E-state index contributed by atoms with van der Waals surface area (Å²) in [7, 11) is 0. The second-order valence-electron chi connectivity index (χ2n) is 5.16. The van der Waals surface area contributed by atoms with Crippen molar-refractivity contribution in [2.75, 3.05) is 18.0 Å². The fourth-order valence-electron chi connectivity index (χ4n) is 2.17. The van der Waals surface area contributed by atoms with Crippen LogP contribution in [-0.2, 0) is 13.0 Å². The summed E-state index contributed by atoms with van der Waals surface area (Å²) in [5.74, 6) is 1.08. The Balaban J connectivity index is 2.15. The molecule has 1 aliphatic carbocycles. The van der Waals surface area contributed by atoms with E-state index in [9.17, 15) is 0 Å². The Labute approximate surface area is 116 Å². The summed E-state index contributed by atoms with van der Waals surface area (Å²) in [4.78, 5) is 6.99. The molecule has 3 nitrogen and oxygen atoms in total. The van der Waals surface area contributed by atoms with E-state index < -0.39 is 0 Å². The normalized spacial score (nSPS) is 14.4. The fraction of sp³-hybridized carbons (Fsp3) is 0.562. The van der Waals surface area contributed by atoms with Crippen molar-refractivity contribution in [1.29, 1.82) is 0 Å². The van der Waals surface area contributed by atoms with Crippen molar-refractivity contribution in [1.82, 2.24) is 10.3 Å². The second kappa shape index (κ2) is 6.71. The SMILES string of the molecule is C=CCN(CC)c1cc(CNC2CC2)cc(CC)n1. The van der Waals surface area contributed by atoms with Gasteiger partial charge in [0.1, 0.15) is 5.82 Å². The first-order chi connectivity index (χ1) is 9.26. The molecule has 0 bridgehead atoms. The van der Waals surface area contributed by atoms with Gasteiger partial charge in [-0.3, -0.25) is 0 Å². The first-order valence-electron chi connectivity index (χ1n) is 7.35. The molecule has 0 aromatic carbocycles. The average molecular weight is 259 g/mol. The maximum absolute atomic E-state index is 4.73. The number of pyridine rings is 1. The molecule has 3 heteroatoms. The highest BCUT2D eigenvalue weighted by atomic mass is 15.2. The van der Waals surface area contributed by atoms with E-state index in [0.29, 0.717) is 0 Å². The molecule has 1 saturated carbocycles. The third-order valence-electron chi connectivity index (χ3n) is 3.51. The van der Waals surface area contributed by atoms with Crippen LogP contribution in [0.2, 0.25) is 0 Å². The minimum Gasteiger partial charge on any atom is -0.353 e. The van der Waals surface area contributed by atoms with E-state index in [-0.39, 0.29) is 0 Å². The Kier molecular flexibility index (Phi) is 4.97. The molecule has 1 N–H and O–H groups in total. The van der Waals surface area contributed by atoms with Gasteiger partial charge in [-0.15, -0.1) is 6.58 Å². The van der Waals surface area contributed by atoms with E-state index in [1.54, 1.807) is 0 Å². The highest BCUT2D eigenvalue weighted by Crippen LogP contribution is 2.21. The standard InChI is InChI=1S/C16H25N3/c1-4-9-19(6-3)16-11-13(10-14(5-2)18-16)12-17-15-7-8-15/h4,10-11,15,17H,1,5-9,12H2,2-3H3. The van der Waals surface area contributed by atoms with E-state index in [0.717, 1.165) is 37.9 Å². The molecule has 19 heavy (non-hydrogen) atoms. The highest BCUT2D eigenvalue weighted by molar-refractivity contribution is 5.43. The summed E-state index contributed by atoms with van der Waals surface area (Å²) in [6.45, 7) is 10.9. The molecule has 1 heterocycles. The third-order valence-corrected chi connectivity index (χ3v) is 3.51. The molecule has 1 aliphatic rings. The minimum atomic E-state index is 0.747. The summed E-state index contributed by atoms with van der Waals surface area (Å²) in [5, 5.41) is 3.57. The topological polar surface area (TPSA) is 28.2 Å². The van der Waals surface area contributed by atoms with Gasteiger partial charge in [0.05, 0.1) is 0 Å². The van der Waals surface area contributed by atoms with Crippen LogP contribution in [0.4, 0.5) is 5.82 Å². The molecule has 2 rings (SSSR count). The summed E-state index contributed by atoms with van der Waals surface area (Å²) < 4.78 is 0. The Morgan fingerprint density at radius 3 is 2.79 bits per heavy atom. The maximum Gasteiger partial charge on any atom is 0.129 e. The molecule has 0 aliphatic heterocycles. The molecule has 0 unspecified atom stereocenters. The summed E-state index contributed by atoms with van der Waals surface area (Å²) in [5.41, 5.74) is 2.52. The molecule has 104 valence electrons. The van der Waals surface area contributed by atoms with Gasteiger partial charge in [-0.1, -0.05) is 13.0 Å². The Morgan fingerprint density at radius 1 is 1.42 bits per heavy atom. The van der Waals surface area contributed by atoms with E-state index >= 15 is 0 Å². The van der Waals surface area contributed by atoms with Crippen molar-refractivity contribution in [2.45, 2.75) is 45.7 Å². The highest BCUT2D eigenvalue weighted by Gasteiger charge is 2.20. The number of nitrogens with zero attached hydrogens (tertiary/aromatic N) is 2. The zero-order valence-electron chi connectivity index (χ0n) is 12.2. The number of nitrogens with one attached hydrogen (secondary N) is 1. The Bertz CT molecular complexity index is 424. The lowest BCUT2D eigenvalue weighted by Crippen LogP contribution is -2.24. The van der Waals surface area contributed by atoms with Gasteiger partial charge in [0.2, 0.25) is 0 Å². The van der Waals surface area contributed by atoms with Crippen LogP contribution in [0.1, 0.15) is 37.9 Å². The van der Waals surface area contributed by atoms with E-state index in [2.05, 4.69) is 42.8 Å². The predicted octanol–water partition coefficient (Wildman–Crippen LogP) is 2.91. The first-order valence-corrected chi connectivity index (χ1v) is 7.35. The van der Waals surface area contributed by atoms with E-state index in [4.69, 9.17) is 4.98 Å². The molecule has 0 saturated heterocycles. The van der Waals surface area contributed by atoms with Crippen LogP contribution in [0, 0.1) is 0 Å². The summed E-state index contributed by atoms with van der Waals surface area (Å²) in [6, 6.07) is 5.18. The molecular formula is C16H25N3. The molecule has 0 atom stereocenters. The minimum absolute atomic E-state index is 0.747. The van der Waals surface area contributed by atoms with Crippen LogP contribution in [0.25, 0.3) is 0 Å². The summed E-state index contributed by atoms with van der Waals surface area (Å²) in [6.07, 6.45) is 5.58. The van der Waals surface area contributed by atoms with Crippen LogP contribution in [0.15, 0.2) is 24.8 Å². The van der Waals surface area contributed by atoms with E-state index in [1.807, 2.05) is 6.08 Å². The zero-order valence-corrected chi connectivity index (χ0v) is 12.2. The number of hydrogen-bond donors (Lipinski definition) is 1. The van der Waals surface area contributed by atoms with Crippen molar-refractivity contribution >= 4 is 5.82 Å². The number of aromatic nitrogens is 1. The first kappa shape index (κ1) is 14.1. The zero-order chi connectivity index (χ0) is 13.7. The van der Waals surface area contributed by atoms with Crippen LogP contribution in [-0.4, -0.2) is 24.1 Å². The van der Waals surface area contributed by atoms with Crippen molar-refractivity contribution in [3.05, 3.63) is 36.0 Å². The lowest BCUT2D eigenvalue weighted by molar-refractivity contribution is 0.685. The van der Waals surface area contributed by atoms with Gasteiger partial charge in [-0.05, 0) is 43.9 Å². The number of aryl methyl sites for hydroxylation is 1. The maximum atomic E-state index is 4.73. The van der Waals surface area contributed by atoms with Gasteiger partial charge < -0.3 is 10.2 Å². The van der Waals surface area contributed by atoms with Gasteiger partial charge in [-0.25, -0.2) is 4.98 Å². The Morgan fingerprint density at radius 2 is 2.21 bits per heavy atom. The lowest BCUT2D eigenvalue weighted by atomic mass is 10.2. The number of hydrogen-bond acceptors (Lipinski definition) is 3. The van der Waals surface area contributed by atoms with Crippen molar-refractivity contribution in [3.8, 4) is 0 Å². The van der Waals surface area contributed by atoms with Gasteiger partial charge in [-0.2, -0.15) is 0 Å². The van der Waals surface area contributed by atoms with Crippen LogP contribution < -0.4 is 10.2 Å². The average Bonchev–Trinajstić information content (AvgIpc) is 3.26. The predicted molar refractivity (Wildman–Crippen MR) is 81.6 cm³/mol. The van der Waals surface area contributed by atoms with Crippen LogP contribution in [0.5, 0.6) is 0 Å². The van der Waals surface area contributed by atoms with Crippen molar-refractivity contribution in [3.63, 3.8) is 0 Å². The Hall–Kier alpha value is -1.35. The molecule has 1 fully saturated rings.